The molecule has 0 bridgehead atoms. The molecule has 0 saturated heterocycles. The third-order valence-electron chi connectivity index (χ3n) is 9.97. The minimum absolute atomic E-state index is 0.236. The molecule has 4 saturated carbocycles. The first-order chi connectivity index (χ1) is 13.7. The van der Waals surface area contributed by atoms with Crippen LogP contribution in [0.3, 0.4) is 0 Å². The van der Waals surface area contributed by atoms with E-state index in [4.69, 9.17) is 11.6 Å². The standard InChI is InChI=1S/C26H39ClO2/c1-18(28)21-9-10-22-20-8-7-19-17-26(29,12-5-4-6-16-27)15-14-24(19,2)23(20)11-13-25(21,22)3/h19-23,29H,4,6-11,13-17H2,1-3H3/t19-,20+,21-,22+,23+,24+,25-,26-/m1/s1. The van der Waals surface area contributed by atoms with E-state index in [0.29, 0.717) is 28.9 Å². The molecule has 0 aliphatic heterocycles. The Morgan fingerprint density at radius 1 is 1.03 bits per heavy atom. The van der Waals surface area contributed by atoms with Crippen LogP contribution in [0.5, 0.6) is 0 Å². The summed E-state index contributed by atoms with van der Waals surface area (Å²) in [6, 6.07) is 0. The first kappa shape index (κ1) is 21.7. The van der Waals surface area contributed by atoms with Gasteiger partial charge >= 0.3 is 0 Å². The van der Waals surface area contributed by atoms with Crippen LogP contribution in [0.15, 0.2) is 0 Å². The summed E-state index contributed by atoms with van der Waals surface area (Å²) in [5.41, 5.74) is -0.221. The number of aliphatic hydroxyl groups is 1. The van der Waals surface area contributed by atoms with Crippen molar-refractivity contribution in [2.24, 2.45) is 40.4 Å². The molecule has 0 unspecified atom stereocenters. The number of ketones is 1. The van der Waals surface area contributed by atoms with Crippen LogP contribution in [0.4, 0.5) is 0 Å². The molecule has 4 rings (SSSR count). The minimum Gasteiger partial charge on any atom is -0.378 e. The van der Waals surface area contributed by atoms with E-state index in [9.17, 15) is 9.90 Å². The molecular weight excluding hydrogens is 380 g/mol. The van der Waals surface area contributed by atoms with Crippen LogP contribution in [0, 0.1) is 52.3 Å². The first-order valence-corrected chi connectivity index (χ1v) is 12.6. The van der Waals surface area contributed by atoms with Crippen molar-refractivity contribution >= 4 is 17.4 Å². The first-order valence-electron chi connectivity index (χ1n) is 12.0. The van der Waals surface area contributed by atoms with Gasteiger partial charge < -0.3 is 5.11 Å². The lowest BCUT2D eigenvalue weighted by atomic mass is 9.44. The molecule has 2 nitrogen and oxygen atoms in total. The number of rotatable bonds is 3. The van der Waals surface area contributed by atoms with Crippen molar-refractivity contribution in [1.82, 2.24) is 0 Å². The molecule has 0 radical (unpaired) electrons. The van der Waals surface area contributed by atoms with Crippen molar-refractivity contribution in [3.63, 3.8) is 0 Å². The van der Waals surface area contributed by atoms with Gasteiger partial charge in [-0.3, -0.25) is 4.79 Å². The predicted octanol–water partition coefficient (Wildman–Crippen LogP) is 5.99. The Kier molecular flexibility index (Phi) is 5.89. The molecule has 1 N–H and O–H groups in total. The Labute approximate surface area is 182 Å². The number of alkyl halides is 1. The summed E-state index contributed by atoms with van der Waals surface area (Å²) in [5.74, 6) is 10.6. The van der Waals surface area contributed by atoms with E-state index in [1.165, 1.54) is 32.1 Å². The van der Waals surface area contributed by atoms with E-state index in [-0.39, 0.29) is 5.41 Å². The highest BCUT2D eigenvalue weighted by molar-refractivity contribution is 6.17. The van der Waals surface area contributed by atoms with Gasteiger partial charge in [0.05, 0.1) is 0 Å². The summed E-state index contributed by atoms with van der Waals surface area (Å²) in [5, 5.41) is 11.2. The summed E-state index contributed by atoms with van der Waals surface area (Å²) in [7, 11) is 0. The molecule has 4 aliphatic rings. The molecule has 0 spiro atoms. The summed E-state index contributed by atoms with van der Waals surface area (Å²) in [6.07, 6.45) is 11.8. The molecule has 0 aromatic heterocycles. The zero-order valence-corrected chi connectivity index (χ0v) is 19.4. The SMILES string of the molecule is CC(=O)[C@H]1CC[C@H]2[C@@H]3CC[C@@H]4C[C@@](O)(C#CCCCCl)CC[C@]4(C)[C@H]3CC[C@]12C. The van der Waals surface area contributed by atoms with E-state index >= 15 is 0 Å². The fraction of sp³-hybridized carbons (Fsp3) is 0.885. The van der Waals surface area contributed by atoms with Crippen molar-refractivity contribution < 1.29 is 9.90 Å². The van der Waals surface area contributed by atoms with Crippen LogP contribution < -0.4 is 0 Å². The number of halogens is 1. The van der Waals surface area contributed by atoms with Crippen LogP contribution >= 0.6 is 11.6 Å². The number of unbranched alkanes of at least 4 members (excludes halogenated alkanes) is 1. The van der Waals surface area contributed by atoms with Gasteiger partial charge in [-0.1, -0.05) is 19.8 Å². The molecule has 0 amide bonds. The fourth-order valence-corrected chi connectivity index (χ4v) is 8.54. The van der Waals surface area contributed by atoms with Gasteiger partial charge in [-0.25, -0.2) is 0 Å². The lowest BCUT2D eigenvalue weighted by molar-refractivity contribution is -0.144. The maximum Gasteiger partial charge on any atom is 0.133 e. The Bertz CT molecular complexity index is 707. The van der Waals surface area contributed by atoms with Gasteiger partial charge in [-0.05, 0) is 106 Å². The maximum absolute atomic E-state index is 12.3. The van der Waals surface area contributed by atoms with E-state index in [1.807, 2.05) is 6.92 Å². The molecule has 3 heteroatoms. The number of hydrogen-bond donors (Lipinski definition) is 1. The zero-order chi connectivity index (χ0) is 20.9. The van der Waals surface area contributed by atoms with Crippen LogP contribution in [-0.4, -0.2) is 22.4 Å². The van der Waals surface area contributed by atoms with Crippen LogP contribution in [-0.2, 0) is 4.79 Å². The van der Waals surface area contributed by atoms with Crippen LogP contribution in [0.25, 0.3) is 0 Å². The Morgan fingerprint density at radius 3 is 2.52 bits per heavy atom. The largest absolute Gasteiger partial charge is 0.378 e. The number of carbonyl (C=O) groups excluding carboxylic acids is 1. The lowest BCUT2D eigenvalue weighted by Crippen LogP contribution is -2.56. The molecule has 0 heterocycles. The van der Waals surface area contributed by atoms with E-state index in [0.717, 1.165) is 56.3 Å². The van der Waals surface area contributed by atoms with Gasteiger partial charge in [0.15, 0.2) is 0 Å². The molecule has 29 heavy (non-hydrogen) atoms. The van der Waals surface area contributed by atoms with Crippen molar-refractivity contribution in [2.45, 2.75) is 97.0 Å². The van der Waals surface area contributed by atoms with Crippen LogP contribution in [0.1, 0.15) is 91.4 Å². The van der Waals surface area contributed by atoms with E-state index < -0.39 is 5.60 Å². The average Bonchev–Trinajstić information content (AvgIpc) is 3.04. The number of carbonyl (C=O) groups is 1. The third-order valence-corrected chi connectivity index (χ3v) is 10.2. The van der Waals surface area contributed by atoms with Crippen molar-refractivity contribution in [3.8, 4) is 11.8 Å². The molecule has 162 valence electrons. The Balaban J connectivity index is 1.50. The van der Waals surface area contributed by atoms with Gasteiger partial charge in [-0.15, -0.1) is 17.5 Å². The summed E-state index contributed by atoms with van der Waals surface area (Å²) < 4.78 is 0. The highest BCUT2D eigenvalue weighted by Crippen LogP contribution is 2.68. The minimum atomic E-state index is -0.792. The number of fused-ring (bicyclic) bond motifs is 5. The third kappa shape index (κ3) is 3.59. The monoisotopic (exact) mass is 418 g/mol. The molecule has 0 aromatic rings. The summed E-state index contributed by atoms with van der Waals surface area (Å²) in [4.78, 5) is 12.3. The van der Waals surface area contributed by atoms with E-state index in [2.05, 4.69) is 25.7 Å². The van der Waals surface area contributed by atoms with Crippen molar-refractivity contribution in [2.75, 3.05) is 5.88 Å². The normalized spacial score (nSPS) is 48.7. The fourth-order valence-electron chi connectivity index (χ4n) is 8.41. The summed E-state index contributed by atoms with van der Waals surface area (Å²) in [6.45, 7) is 6.77. The van der Waals surface area contributed by atoms with Crippen molar-refractivity contribution in [3.05, 3.63) is 0 Å². The van der Waals surface area contributed by atoms with Crippen LogP contribution in [0.2, 0.25) is 0 Å². The smallest absolute Gasteiger partial charge is 0.133 e. The lowest BCUT2D eigenvalue weighted by Gasteiger charge is -2.61. The van der Waals surface area contributed by atoms with Gasteiger partial charge in [0.25, 0.3) is 0 Å². The Hall–Kier alpha value is -0.520. The average molecular weight is 419 g/mol. The molecule has 8 atom stereocenters. The van der Waals surface area contributed by atoms with Gasteiger partial charge in [-0.2, -0.15) is 0 Å². The quantitative estimate of drug-likeness (QED) is 0.347. The molecule has 4 aliphatic carbocycles. The van der Waals surface area contributed by atoms with Gasteiger partial charge in [0.1, 0.15) is 11.4 Å². The Morgan fingerprint density at radius 2 is 1.79 bits per heavy atom. The highest BCUT2D eigenvalue weighted by atomic mass is 35.5. The zero-order valence-electron chi connectivity index (χ0n) is 18.6. The number of Topliss-reactive ketones (excluding diaryl/α,β-unsaturated/α-hetero) is 1. The summed E-state index contributed by atoms with van der Waals surface area (Å²) >= 11 is 5.76. The predicted molar refractivity (Wildman–Crippen MR) is 119 cm³/mol. The highest BCUT2D eigenvalue weighted by Gasteiger charge is 2.61. The molecule has 4 fully saturated rings. The number of hydrogen-bond acceptors (Lipinski definition) is 2. The topological polar surface area (TPSA) is 37.3 Å². The van der Waals surface area contributed by atoms with Crippen molar-refractivity contribution in [1.29, 1.82) is 0 Å². The van der Waals surface area contributed by atoms with E-state index in [1.54, 1.807) is 0 Å². The van der Waals surface area contributed by atoms with Gasteiger partial charge in [0, 0.05) is 18.2 Å². The second-order valence-corrected chi connectivity index (χ2v) is 11.6. The second kappa shape index (κ2) is 7.87. The van der Waals surface area contributed by atoms with Gasteiger partial charge in [0.2, 0.25) is 0 Å². The molecular formula is C26H39ClO2. The maximum atomic E-state index is 12.3. The second-order valence-electron chi connectivity index (χ2n) is 11.3. The molecule has 0 aromatic carbocycles.